The number of hydrogen-bond acceptors (Lipinski definition) is 5. The smallest absolute Gasteiger partial charge is 0.245 e. The Hall–Kier alpha value is -2.45. The third-order valence-electron chi connectivity index (χ3n) is 7.64. The molecule has 0 aromatic heterocycles. The molecule has 1 aromatic carbocycles. The summed E-state index contributed by atoms with van der Waals surface area (Å²) in [4.78, 5) is 41.6. The number of benzene rings is 1. The van der Waals surface area contributed by atoms with E-state index in [-0.39, 0.29) is 47.7 Å². The van der Waals surface area contributed by atoms with Gasteiger partial charge in [-0.25, -0.2) is 0 Å². The number of anilines is 1. The van der Waals surface area contributed by atoms with Gasteiger partial charge in [-0.1, -0.05) is 37.5 Å². The van der Waals surface area contributed by atoms with Crippen LogP contribution in [0.1, 0.15) is 45.4 Å². The molecular weight excluding hydrogens is 418 g/mol. The molecule has 2 heterocycles. The Kier molecular flexibility index (Phi) is 7.65. The molecule has 2 aliphatic heterocycles. The molecule has 0 spiro atoms. The lowest BCUT2D eigenvalue weighted by Gasteiger charge is -2.36. The molecule has 8 nitrogen and oxygen atoms in total. The summed E-state index contributed by atoms with van der Waals surface area (Å²) in [7, 11) is 1.74. The summed E-state index contributed by atoms with van der Waals surface area (Å²) in [5, 5.41) is 12.5. The van der Waals surface area contributed by atoms with Crippen molar-refractivity contribution in [3.05, 3.63) is 30.3 Å². The van der Waals surface area contributed by atoms with Crippen LogP contribution < -0.4 is 21.3 Å². The number of para-hydroxylation sites is 1. The summed E-state index contributed by atoms with van der Waals surface area (Å²) < 4.78 is 0. The molecule has 33 heavy (non-hydrogen) atoms. The van der Waals surface area contributed by atoms with Crippen LogP contribution in [-0.4, -0.2) is 66.9 Å². The number of likely N-dealkylation sites (N-methyl/N-ethyl adjacent to an activating group) is 1. The van der Waals surface area contributed by atoms with Crippen molar-refractivity contribution in [1.29, 1.82) is 0 Å². The van der Waals surface area contributed by atoms with Crippen molar-refractivity contribution < 1.29 is 14.4 Å². The number of rotatable bonds is 7. The number of likely N-dealkylation sites (tertiary alicyclic amines) is 1. The molecule has 0 bridgehead atoms. The zero-order chi connectivity index (χ0) is 23.4. The first-order chi connectivity index (χ1) is 16.0. The lowest BCUT2D eigenvalue weighted by atomic mass is 9.83. The summed E-state index contributed by atoms with van der Waals surface area (Å²) in [6.45, 7) is 2.96. The van der Waals surface area contributed by atoms with Crippen LogP contribution in [0.5, 0.6) is 0 Å². The quantitative estimate of drug-likeness (QED) is 0.499. The van der Waals surface area contributed by atoms with Gasteiger partial charge in [-0.3, -0.25) is 14.4 Å². The average molecular weight is 456 g/mol. The summed E-state index contributed by atoms with van der Waals surface area (Å²) in [6.07, 6.45) is 6.07. The molecule has 1 aromatic rings. The van der Waals surface area contributed by atoms with E-state index in [2.05, 4.69) is 21.3 Å². The van der Waals surface area contributed by atoms with E-state index in [4.69, 9.17) is 0 Å². The molecule has 5 atom stereocenters. The van der Waals surface area contributed by atoms with Crippen LogP contribution >= 0.6 is 0 Å². The largest absolute Gasteiger partial charge is 0.343 e. The van der Waals surface area contributed by atoms with Gasteiger partial charge in [0.15, 0.2) is 0 Å². The molecule has 180 valence electrons. The highest BCUT2D eigenvalue weighted by atomic mass is 16.2. The van der Waals surface area contributed by atoms with Gasteiger partial charge >= 0.3 is 0 Å². The molecule has 5 unspecified atom stereocenters. The number of nitrogens with one attached hydrogen (secondary N) is 4. The van der Waals surface area contributed by atoms with Gasteiger partial charge in [-0.2, -0.15) is 0 Å². The summed E-state index contributed by atoms with van der Waals surface area (Å²) >= 11 is 0. The Labute approximate surface area is 196 Å². The second-order valence-electron chi connectivity index (χ2n) is 9.68. The van der Waals surface area contributed by atoms with Gasteiger partial charge < -0.3 is 26.2 Å². The SMILES string of the molecule is CNC(C)C(=O)NC(C(=O)N1CCC2NCC(C(=O)Nc3ccccc3)C21)C1CCCCC1. The fourth-order valence-electron chi connectivity index (χ4n) is 5.63. The number of carbonyl (C=O) groups excluding carboxylic acids is 3. The van der Waals surface area contributed by atoms with Crippen molar-refractivity contribution in [3.63, 3.8) is 0 Å². The minimum atomic E-state index is -0.536. The van der Waals surface area contributed by atoms with Crippen molar-refractivity contribution in [3.8, 4) is 0 Å². The Morgan fingerprint density at radius 3 is 2.48 bits per heavy atom. The van der Waals surface area contributed by atoms with E-state index in [1.54, 1.807) is 14.0 Å². The van der Waals surface area contributed by atoms with E-state index in [1.165, 1.54) is 6.42 Å². The predicted molar refractivity (Wildman–Crippen MR) is 127 cm³/mol. The second-order valence-corrected chi connectivity index (χ2v) is 9.68. The second kappa shape index (κ2) is 10.7. The summed E-state index contributed by atoms with van der Waals surface area (Å²) in [5.74, 6) is -0.430. The number of fused-ring (bicyclic) bond motifs is 1. The van der Waals surface area contributed by atoms with E-state index >= 15 is 0 Å². The third-order valence-corrected chi connectivity index (χ3v) is 7.64. The van der Waals surface area contributed by atoms with Gasteiger partial charge in [0.25, 0.3) is 0 Å². The molecule has 3 aliphatic rings. The molecular formula is C25H37N5O3. The van der Waals surface area contributed by atoms with Crippen LogP contribution in [0.4, 0.5) is 5.69 Å². The van der Waals surface area contributed by atoms with Gasteiger partial charge in [0, 0.05) is 24.8 Å². The monoisotopic (exact) mass is 455 g/mol. The Balaban J connectivity index is 1.51. The molecule has 3 fully saturated rings. The lowest BCUT2D eigenvalue weighted by Crippen LogP contribution is -2.58. The topological polar surface area (TPSA) is 103 Å². The van der Waals surface area contributed by atoms with Crippen LogP contribution in [0.3, 0.4) is 0 Å². The molecule has 0 radical (unpaired) electrons. The predicted octanol–water partition coefficient (Wildman–Crippen LogP) is 1.49. The highest BCUT2D eigenvalue weighted by molar-refractivity contribution is 5.95. The summed E-state index contributed by atoms with van der Waals surface area (Å²) in [6, 6.07) is 8.44. The Bertz CT molecular complexity index is 842. The van der Waals surface area contributed by atoms with Gasteiger partial charge in [-0.15, -0.1) is 0 Å². The normalized spacial score (nSPS) is 27.0. The van der Waals surface area contributed by atoms with Crippen LogP contribution in [0, 0.1) is 11.8 Å². The van der Waals surface area contributed by atoms with Crippen molar-refractivity contribution in [1.82, 2.24) is 20.9 Å². The van der Waals surface area contributed by atoms with Crippen molar-refractivity contribution >= 4 is 23.4 Å². The van der Waals surface area contributed by atoms with E-state index in [9.17, 15) is 14.4 Å². The van der Waals surface area contributed by atoms with Crippen molar-refractivity contribution in [2.45, 2.75) is 69.6 Å². The van der Waals surface area contributed by atoms with Crippen molar-refractivity contribution in [2.24, 2.45) is 11.8 Å². The minimum Gasteiger partial charge on any atom is -0.343 e. The van der Waals surface area contributed by atoms with Crippen LogP contribution in [0.2, 0.25) is 0 Å². The number of carbonyl (C=O) groups is 3. The first-order valence-electron chi connectivity index (χ1n) is 12.4. The van der Waals surface area contributed by atoms with E-state index in [1.807, 2.05) is 35.2 Å². The molecule has 3 amide bonds. The third kappa shape index (κ3) is 5.22. The highest BCUT2D eigenvalue weighted by Gasteiger charge is 2.50. The number of nitrogens with zero attached hydrogens (tertiary/aromatic N) is 1. The molecule has 4 rings (SSSR count). The standard InChI is InChI=1S/C25H37N5O3/c1-16(26-2)23(31)29-21(17-9-5-3-6-10-17)25(33)30-14-13-20-22(30)19(15-27-20)24(32)28-18-11-7-4-8-12-18/h4,7-8,11-12,16-17,19-22,26-27H,3,5-6,9-10,13-15H2,1-2H3,(H,28,32)(H,29,31). The zero-order valence-corrected chi connectivity index (χ0v) is 19.7. The lowest BCUT2D eigenvalue weighted by molar-refractivity contribution is -0.140. The van der Waals surface area contributed by atoms with Crippen molar-refractivity contribution in [2.75, 3.05) is 25.5 Å². The molecule has 1 aliphatic carbocycles. The fourth-order valence-corrected chi connectivity index (χ4v) is 5.63. The maximum Gasteiger partial charge on any atom is 0.245 e. The van der Waals surface area contributed by atoms with Crippen LogP contribution in [-0.2, 0) is 14.4 Å². The first-order valence-corrected chi connectivity index (χ1v) is 12.4. The van der Waals surface area contributed by atoms with Gasteiger partial charge in [0.1, 0.15) is 6.04 Å². The Morgan fingerprint density at radius 1 is 1.06 bits per heavy atom. The minimum absolute atomic E-state index is 0.0349. The van der Waals surface area contributed by atoms with Gasteiger partial charge in [-0.05, 0) is 51.3 Å². The van der Waals surface area contributed by atoms with E-state index < -0.39 is 6.04 Å². The van der Waals surface area contributed by atoms with Crippen LogP contribution in [0.15, 0.2) is 30.3 Å². The Morgan fingerprint density at radius 2 is 1.79 bits per heavy atom. The maximum atomic E-state index is 13.9. The van der Waals surface area contributed by atoms with E-state index in [0.29, 0.717) is 13.1 Å². The molecule has 8 heteroatoms. The fraction of sp³-hybridized carbons (Fsp3) is 0.640. The van der Waals surface area contributed by atoms with Gasteiger partial charge in [0.2, 0.25) is 17.7 Å². The maximum absolute atomic E-state index is 13.9. The number of hydrogen-bond donors (Lipinski definition) is 4. The molecule has 4 N–H and O–H groups in total. The van der Waals surface area contributed by atoms with Crippen LogP contribution in [0.25, 0.3) is 0 Å². The highest BCUT2D eigenvalue weighted by Crippen LogP contribution is 2.34. The summed E-state index contributed by atoms with van der Waals surface area (Å²) in [5.41, 5.74) is 0.759. The number of amides is 3. The average Bonchev–Trinajstić information content (AvgIpc) is 3.45. The van der Waals surface area contributed by atoms with E-state index in [0.717, 1.165) is 37.8 Å². The van der Waals surface area contributed by atoms with Gasteiger partial charge in [0.05, 0.1) is 18.0 Å². The molecule has 1 saturated carbocycles. The zero-order valence-electron chi connectivity index (χ0n) is 19.7. The molecule has 2 saturated heterocycles. The first kappa shape index (κ1) is 23.7.